The maximum atomic E-state index is 10.2. The maximum absolute atomic E-state index is 10.2. The number of halogens is 1. The summed E-state index contributed by atoms with van der Waals surface area (Å²) < 4.78 is 0. The molecule has 1 atom stereocenters. The number of aliphatic hydroxyl groups is 1. The van der Waals surface area contributed by atoms with Gasteiger partial charge in [0.2, 0.25) is 0 Å². The molecule has 0 radical (unpaired) electrons. The van der Waals surface area contributed by atoms with Gasteiger partial charge in [0.1, 0.15) is 0 Å². The number of fused-ring (bicyclic) bond motifs is 1. The topological polar surface area (TPSA) is 45.2 Å². The first-order valence-electron chi connectivity index (χ1n) is 9.54. The Morgan fingerprint density at radius 3 is 2.45 bits per heavy atom. The molecule has 0 spiro atoms. The first-order chi connectivity index (χ1) is 13.8. The van der Waals surface area contributed by atoms with Crippen molar-refractivity contribution in [3.8, 4) is 11.1 Å². The van der Waals surface area contributed by atoms with Gasteiger partial charge in [0, 0.05) is 16.5 Å². The van der Waals surface area contributed by atoms with Crippen molar-refractivity contribution in [3.63, 3.8) is 0 Å². The molecule has 2 heterocycles. The SMILES string of the molecule is CC(Nc1c(Cl)cnc2ccc(-c3ccc(C(C)(C)O)cc3)cc12)c1cccs1. The summed E-state index contributed by atoms with van der Waals surface area (Å²) in [4.78, 5) is 5.74. The maximum Gasteiger partial charge on any atom is 0.0840 e. The second-order valence-electron chi connectivity index (χ2n) is 7.73. The zero-order valence-electron chi connectivity index (χ0n) is 16.6. The van der Waals surface area contributed by atoms with E-state index in [4.69, 9.17) is 11.6 Å². The second kappa shape index (κ2) is 7.79. The zero-order valence-corrected chi connectivity index (χ0v) is 18.2. The summed E-state index contributed by atoms with van der Waals surface area (Å²) >= 11 is 8.25. The summed E-state index contributed by atoms with van der Waals surface area (Å²) in [5.41, 5.74) is 3.99. The van der Waals surface area contributed by atoms with Crippen LogP contribution >= 0.6 is 22.9 Å². The van der Waals surface area contributed by atoms with Gasteiger partial charge in [-0.05, 0) is 61.0 Å². The molecule has 5 heteroatoms. The third-order valence-corrected chi connectivity index (χ3v) is 6.42. The Morgan fingerprint density at radius 2 is 1.79 bits per heavy atom. The van der Waals surface area contributed by atoms with Crippen molar-refractivity contribution in [3.05, 3.63) is 81.6 Å². The quantitative estimate of drug-likeness (QED) is 0.363. The van der Waals surface area contributed by atoms with Gasteiger partial charge in [0.25, 0.3) is 0 Å². The number of pyridine rings is 1. The molecule has 0 fully saturated rings. The fourth-order valence-electron chi connectivity index (χ4n) is 3.39. The molecule has 4 aromatic rings. The number of benzene rings is 2. The Balaban J connectivity index is 1.74. The van der Waals surface area contributed by atoms with Gasteiger partial charge in [-0.1, -0.05) is 48.0 Å². The summed E-state index contributed by atoms with van der Waals surface area (Å²) in [6.45, 7) is 5.71. The van der Waals surface area contributed by atoms with Crippen molar-refractivity contribution in [1.29, 1.82) is 0 Å². The second-order valence-corrected chi connectivity index (χ2v) is 9.12. The third kappa shape index (κ3) is 4.15. The molecule has 0 bridgehead atoms. The number of nitrogens with zero attached hydrogens (tertiary/aromatic N) is 1. The number of anilines is 1. The van der Waals surface area contributed by atoms with Gasteiger partial charge in [-0.2, -0.15) is 0 Å². The standard InChI is InChI=1S/C24H23ClN2OS/c1-15(22-5-4-12-29-22)27-23-19-13-17(8-11-21(19)26-14-20(23)25)16-6-9-18(10-7-16)24(2,3)28/h4-15,28H,1-3H3,(H,26,27). The highest BCUT2D eigenvalue weighted by Gasteiger charge is 2.16. The van der Waals surface area contributed by atoms with Gasteiger partial charge >= 0.3 is 0 Å². The molecule has 0 saturated heterocycles. The predicted molar refractivity (Wildman–Crippen MR) is 124 cm³/mol. The Labute approximate surface area is 180 Å². The average Bonchev–Trinajstić information content (AvgIpc) is 3.24. The van der Waals surface area contributed by atoms with Crippen molar-refractivity contribution in [2.75, 3.05) is 5.32 Å². The number of hydrogen-bond donors (Lipinski definition) is 2. The molecule has 148 valence electrons. The van der Waals surface area contributed by atoms with Crippen LogP contribution in [-0.4, -0.2) is 10.1 Å². The molecule has 1 unspecified atom stereocenters. The van der Waals surface area contributed by atoms with Crippen LogP contribution in [0, 0.1) is 0 Å². The minimum absolute atomic E-state index is 0.146. The van der Waals surface area contributed by atoms with E-state index in [-0.39, 0.29) is 6.04 Å². The molecular weight excluding hydrogens is 400 g/mol. The third-order valence-electron chi connectivity index (χ3n) is 5.08. The van der Waals surface area contributed by atoms with Crippen molar-refractivity contribution in [2.24, 2.45) is 0 Å². The number of hydrogen-bond acceptors (Lipinski definition) is 4. The van der Waals surface area contributed by atoms with Crippen molar-refractivity contribution in [2.45, 2.75) is 32.4 Å². The van der Waals surface area contributed by atoms with E-state index in [1.165, 1.54) is 4.88 Å². The van der Waals surface area contributed by atoms with Crippen LogP contribution in [0.25, 0.3) is 22.0 Å². The van der Waals surface area contributed by atoms with E-state index in [9.17, 15) is 5.11 Å². The monoisotopic (exact) mass is 422 g/mol. The minimum Gasteiger partial charge on any atom is -0.386 e. The highest BCUT2D eigenvalue weighted by atomic mass is 35.5. The fraction of sp³-hybridized carbons (Fsp3) is 0.208. The predicted octanol–water partition coefficient (Wildman–Crippen LogP) is 7.02. The van der Waals surface area contributed by atoms with E-state index < -0.39 is 5.60 Å². The van der Waals surface area contributed by atoms with Crippen LogP contribution in [0.1, 0.15) is 37.3 Å². The largest absolute Gasteiger partial charge is 0.386 e. The Kier molecular flexibility index (Phi) is 5.34. The fourth-order valence-corrected chi connectivity index (χ4v) is 4.33. The number of rotatable bonds is 5. The lowest BCUT2D eigenvalue weighted by Crippen LogP contribution is -2.14. The number of nitrogens with one attached hydrogen (secondary N) is 1. The molecule has 0 aliphatic carbocycles. The van der Waals surface area contributed by atoms with Gasteiger partial charge < -0.3 is 10.4 Å². The number of thiophene rings is 1. The molecule has 0 amide bonds. The van der Waals surface area contributed by atoms with Crippen molar-refractivity contribution in [1.82, 2.24) is 4.98 Å². The summed E-state index contributed by atoms with van der Waals surface area (Å²) in [5, 5.41) is 17.4. The lowest BCUT2D eigenvalue weighted by atomic mass is 9.95. The van der Waals surface area contributed by atoms with Gasteiger partial charge in [0.15, 0.2) is 0 Å². The summed E-state index contributed by atoms with van der Waals surface area (Å²) in [6, 6.07) is 18.5. The molecule has 2 N–H and O–H groups in total. The first-order valence-corrected chi connectivity index (χ1v) is 10.8. The van der Waals surface area contributed by atoms with Crippen LogP contribution < -0.4 is 5.32 Å². The Hall–Kier alpha value is -2.40. The van der Waals surface area contributed by atoms with E-state index in [0.29, 0.717) is 5.02 Å². The summed E-state index contributed by atoms with van der Waals surface area (Å²) in [7, 11) is 0. The van der Waals surface area contributed by atoms with E-state index in [0.717, 1.165) is 33.3 Å². The highest BCUT2D eigenvalue weighted by molar-refractivity contribution is 7.10. The molecule has 29 heavy (non-hydrogen) atoms. The van der Waals surface area contributed by atoms with E-state index in [1.54, 1.807) is 31.4 Å². The number of aromatic nitrogens is 1. The molecule has 2 aromatic heterocycles. The molecule has 0 aliphatic heterocycles. The first kappa shape index (κ1) is 19.9. The van der Waals surface area contributed by atoms with Gasteiger partial charge in [-0.25, -0.2) is 0 Å². The van der Waals surface area contributed by atoms with Gasteiger partial charge in [-0.15, -0.1) is 11.3 Å². The smallest absolute Gasteiger partial charge is 0.0840 e. The Morgan fingerprint density at radius 1 is 1.07 bits per heavy atom. The van der Waals surface area contributed by atoms with Crippen LogP contribution in [0.4, 0.5) is 5.69 Å². The lowest BCUT2D eigenvalue weighted by Gasteiger charge is -2.19. The molecule has 4 rings (SSSR count). The summed E-state index contributed by atoms with van der Waals surface area (Å²) in [6.07, 6.45) is 1.70. The van der Waals surface area contributed by atoms with Crippen LogP contribution in [0.3, 0.4) is 0 Å². The normalized spacial score (nSPS) is 12.9. The molecule has 0 saturated carbocycles. The van der Waals surface area contributed by atoms with Crippen LogP contribution in [0.2, 0.25) is 5.02 Å². The van der Waals surface area contributed by atoms with Crippen LogP contribution in [0.15, 0.2) is 66.2 Å². The van der Waals surface area contributed by atoms with Crippen molar-refractivity contribution >= 4 is 39.5 Å². The lowest BCUT2D eigenvalue weighted by molar-refractivity contribution is 0.0786. The van der Waals surface area contributed by atoms with E-state index in [1.807, 2.05) is 30.3 Å². The van der Waals surface area contributed by atoms with Crippen molar-refractivity contribution < 1.29 is 5.11 Å². The molecular formula is C24H23ClN2OS. The summed E-state index contributed by atoms with van der Waals surface area (Å²) in [5.74, 6) is 0. The highest BCUT2D eigenvalue weighted by Crippen LogP contribution is 2.36. The van der Waals surface area contributed by atoms with Crippen LogP contribution in [0.5, 0.6) is 0 Å². The van der Waals surface area contributed by atoms with E-state index >= 15 is 0 Å². The minimum atomic E-state index is -0.853. The average molecular weight is 423 g/mol. The molecule has 3 nitrogen and oxygen atoms in total. The molecule has 2 aromatic carbocycles. The van der Waals surface area contributed by atoms with Crippen LogP contribution in [-0.2, 0) is 5.60 Å². The van der Waals surface area contributed by atoms with Gasteiger partial charge in [0.05, 0.1) is 27.9 Å². The van der Waals surface area contributed by atoms with Gasteiger partial charge in [-0.3, -0.25) is 4.98 Å². The molecule has 0 aliphatic rings. The van der Waals surface area contributed by atoms with E-state index in [2.05, 4.69) is 46.9 Å². The Bertz CT molecular complexity index is 1130. The zero-order chi connectivity index (χ0) is 20.6.